The Kier molecular flexibility index (Phi) is 4.35. The monoisotopic (exact) mass is 218 g/mol. The molecule has 0 radical (unpaired) electrons. The van der Waals surface area contributed by atoms with Gasteiger partial charge in [-0.15, -0.1) is 11.6 Å². The highest BCUT2D eigenvalue weighted by Gasteiger charge is 2.22. The molecule has 1 fully saturated rings. The first-order valence-corrected chi connectivity index (χ1v) is 5.25. The van der Waals surface area contributed by atoms with Gasteiger partial charge in [-0.3, -0.25) is 15.0 Å². The molecule has 1 aliphatic heterocycles. The Labute approximate surface area is 88.6 Å². The van der Waals surface area contributed by atoms with Gasteiger partial charge in [-0.25, -0.2) is 5.01 Å². The highest BCUT2D eigenvalue weighted by Crippen LogP contribution is 2.06. The van der Waals surface area contributed by atoms with Crippen LogP contribution in [0.2, 0.25) is 0 Å². The number of hydrazine groups is 1. The molecular weight excluding hydrogens is 204 g/mol. The van der Waals surface area contributed by atoms with Crippen molar-refractivity contribution < 1.29 is 9.59 Å². The summed E-state index contributed by atoms with van der Waals surface area (Å²) in [5.74, 6) is -0.734. The van der Waals surface area contributed by atoms with E-state index in [9.17, 15) is 9.59 Å². The van der Waals surface area contributed by atoms with Gasteiger partial charge < -0.3 is 0 Å². The van der Waals surface area contributed by atoms with E-state index < -0.39 is 11.3 Å². The lowest BCUT2D eigenvalue weighted by Gasteiger charge is -2.27. The van der Waals surface area contributed by atoms with Crippen molar-refractivity contribution in [3.63, 3.8) is 0 Å². The number of carbonyl (C=O) groups excluding carboxylic acids is 2. The summed E-state index contributed by atoms with van der Waals surface area (Å²) >= 11 is 5.60. The molecule has 1 aliphatic rings. The number of hydrogen-bond acceptors (Lipinski definition) is 3. The molecular formula is C9H15ClN2O2. The first-order chi connectivity index (χ1) is 6.61. The number of halogens is 1. The van der Waals surface area contributed by atoms with Gasteiger partial charge in [0.15, 0.2) is 11.2 Å². The van der Waals surface area contributed by atoms with Crippen molar-refractivity contribution in [3.05, 3.63) is 0 Å². The Hall–Kier alpha value is -0.610. The van der Waals surface area contributed by atoms with Gasteiger partial charge in [0.25, 0.3) is 5.91 Å². The second-order valence-corrected chi connectivity index (χ2v) is 3.93. The Morgan fingerprint density at radius 2 is 1.86 bits per heavy atom. The minimum atomic E-state index is -1.06. The topological polar surface area (TPSA) is 49.4 Å². The minimum Gasteiger partial charge on any atom is -0.298 e. The number of piperidine rings is 1. The van der Waals surface area contributed by atoms with E-state index in [-0.39, 0.29) is 5.78 Å². The zero-order valence-electron chi connectivity index (χ0n) is 8.25. The van der Waals surface area contributed by atoms with Crippen molar-refractivity contribution in [1.82, 2.24) is 10.4 Å². The van der Waals surface area contributed by atoms with Crippen LogP contribution in [0.4, 0.5) is 0 Å². The van der Waals surface area contributed by atoms with Gasteiger partial charge >= 0.3 is 0 Å². The molecule has 1 N–H and O–H groups in total. The summed E-state index contributed by atoms with van der Waals surface area (Å²) in [5.41, 5.74) is 2.64. The lowest BCUT2D eigenvalue weighted by Crippen LogP contribution is -2.48. The standard InChI is InChI=1S/C9H15ClN2O2/c1-7(13)8(10)9(14)11-12-5-3-2-4-6-12/h8H,2-6H2,1H3,(H,11,14). The minimum absolute atomic E-state index is 0.318. The fraction of sp³-hybridized carbons (Fsp3) is 0.778. The van der Waals surface area contributed by atoms with Crippen molar-refractivity contribution in [3.8, 4) is 0 Å². The Morgan fingerprint density at radius 3 is 2.36 bits per heavy atom. The molecule has 14 heavy (non-hydrogen) atoms. The quantitative estimate of drug-likeness (QED) is 0.561. The zero-order chi connectivity index (χ0) is 10.6. The Balaban J connectivity index is 2.35. The van der Waals surface area contributed by atoms with Gasteiger partial charge in [-0.1, -0.05) is 6.42 Å². The molecule has 0 saturated carbocycles. The molecule has 1 heterocycles. The Morgan fingerprint density at radius 1 is 1.29 bits per heavy atom. The summed E-state index contributed by atoms with van der Waals surface area (Å²) < 4.78 is 0. The third-order valence-corrected chi connectivity index (χ3v) is 2.72. The summed E-state index contributed by atoms with van der Waals surface area (Å²) in [4.78, 5) is 22.2. The van der Waals surface area contributed by atoms with Gasteiger partial charge in [0.2, 0.25) is 0 Å². The van der Waals surface area contributed by atoms with E-state index >= 15 is 0 Å². The predicted molar refractivity (Wildman–Crippen MR) is 53.9 cm³/mol. The third-order valence-electron chi connectivity index (χ3n) is 2.21. The lowest BCUT2D eigenvalue weighted by atomic mass is 10.2. The van der Waals surface area contributed by atoms with Crippen LogP contribution in [0, 0.1) is 0 Å². The van der Waals surface area contributed by atoms with Gasteiger partial charge in [0.1, 0.15) is 0 Å². The summed E-state index contributed by atoms with van der Waals surface area (Å²) in [7, 11) is 0. The first-order valence-electron chi connectivity index (χ1n) is 4.81. The van der Waals surface area contributed by atoms with Crippen LogP contribution in [0.3, 0.4) is 0 Å². The normalized spacial score (nSPS) is 20.1. The molecule has 4 nitrogen and oxygen atoms in total. The predicted octanol–water partition coefficient (Wildman–Crippen LogP) is 0.700. The summed E-state index contributed by atoms with van der Waals surface area (Å²) in [6.07, 6.45) is 3.35. The van der Waals surface area contributed by atoms with Crippen LogP contribution >= 0.6 is 11.6 Å². The van der Waals surface area contributed by atoms with Crippen molar-refractivity contribution >= 4 is 23.3 Å². The highest BCUT2D eigenvalue weighted by atomic mass is 35.5. The molecule has 1 unspecified atom stereocenters. The van der Waals surface area contributed by atoms with Crippen LogP contribution in [0.5, 0.6) is 0 Å². The molecule has 0 bridgehead atoms. The van der Waals surface area contributed by atoms with Gasteiger partial charge in [-0.05, 0) is 19.8 Å². The summed E-state index contributed by atoms with van der Waals surface area (Å²) in [6, 6.07) is 0. The van der Waals surface area contributed by atoms with E-state index in [4.69, 9.17) is 11.6 Å². The van der Waals surface area contributed by atoms with Crippen LogP contribution in [0.15, 0.2) is 0 Å². The molecule has 1 saturated heterocycles. The summed E-state index contributed by atoms with van der Waals surface area (Å²) in [6.45, 7) is 2.99. The van der Waals surface area contributed by atoms with E-state index in [2.05, 4.69) is 5.43 Å². The second-order valence-electron chi connectivity index (χ2n) is 3.50. The molecule has 0 spiro atoms. The number of amides is 1. The van der Waals surface area contributed by atoms with Gasteiger partial charge in [-0.2, -0.15) is 0 Å². The van der Waals surface area contributed by atoms with E-state index in [0.29, 0.717) is 0 Å². The van der Waals surface area contributed by atoms with E-state index in [0.717, 1.165) is 25.9 Å². The van der Waals surface area contributed by atoms with E-state index in [1.54, 1.807) is 0 Å². The van der Waals surface area contributed by atoms with Crippen molar-refractivity contribution in [2.45, 2.75) is 31.6 Å². The Bertz CT molecular complexity index is 227. The number of nitrogens with zero attached hydrogens (tertiary/aromatic N) is 1. The number of hydrogen-bond donors (Lipinski definition) is 1. The average Bonchev–Trinajstić information content (AvgIpc) is 2.18. The molecule has 5 heteroatoms. The highest BCUT2D eigenvalue weighted by molar-refractivity contribution is 6.41. The van der Waals surface area contributed by atoms with Gasteiger partial charge in [0.05, 0.1) is 0 Å². The number of rotatable bonds is 3. The van der Waals surface area contributed by atoms with E-state index in [1.165, 1.54) is 13.3 Å². The first kappa shape index (κ1) is 11.5. The van der Waals surface area contributed by atoms with Crippen LogP contribution in [-0.4, -0.2) is 35.2 Å². The SMILES string of the molecule is CC(=O)C(Cl)C(=O)NN1CCCCC1. The largest absolute Gasteiger partial charge is 0.298 e. The van der Waals surface area contributed by atoms with Crippen LogP contribution in [-0.2, 0) is 9.59 Å². The molecule has 80 valence electrons. The van der Waals surface area contributed by atoms with Gasteiger partial charge in [0, 0.05) is 13.1 Å². The van der Waals surface area contributed by atoms with Crippen LogP contribution in [0.1, 0.15) is 26.2 Å². The number of ketones is 1. The fourth-order valence-electron chi connectivity index (χ4n) is 1.40. The van der Waals surface area contributed by atoms with Crippen molar-refractivity contribution in [2.24, 2.45) is 0 Å². The van der Waals surface area contributed by atoms with Crippen molar-refractivity contribution in [1.29, 1.82) is 0 Å². The maximum atomic E-state index is 11.3. The molecule has 0 aliphatic carbocycles. The maximum absolute atomic E-state index is 11.3. The molecule has 0 aromatic heterocycles. The fourth-order valence-corrected chi connectivity index (χ4v) is 1.45. The molecule has 0 aromatic rings. The lowest BCUT2D eigenvalue weighted by molar-refractivity contribution is -0.130. The number of carbonyl (C=O) groups is 2. The molecule has 1 rings (SSSR count). The zero-order valence-corrected chi connectivity index (χ0v) is 9.01. The van der Waals surface area contributed by atoms with E-state index in [1.807, 2.05) is 5.01 Å². The summed E-state index contributed by atoms with van der Waals surface area (Å²) in [5, 5.41) is 0.765. The van der Waals surface area contributed by atoms with Crippen LogP contribution in [0.25, 0.3) is 0 Å². The van der Waals surface area contributed by atoms with Crippen LogP contribution < -0.4 is 5.43 Å². The van der Waals surface area contributed by atoms with Crippen molar-refractivity contribution in [2.75, 3.05) is 13.1 Å². The second kappa shape index (κ2) is 5.32. The number of alkyl halides is 1. The maximum Gasteiger partial charge on any atom is 0.259 e. The molecule has 1 atom stereocenters. The molecule has 0 aromatic carbocycles. The number of nitrogens with one attached hydrogen (secondary N) is 1. The molecule has 1 amide bonds. The number of Topliss-reactive ketones (excluding diaryl/α,β-unsaturated/α-hetero) is 1. The third kappa shape index (κ3) is 3.27. The average molecular weight is 219 g/mol. The smallest absolute Gasteiger partial charge is 0.259 e.